The lowest BCUT2D eigenvalue weighted by Crippen LogP contribution is -2.22. The minimum Gasteiger partial charge on any atom is -0.497 e. The van der Waals surface area contributed by atoms with Crippen molar-refractivity contribution in [2.45, 2.75) is 4.90 Å². The molecule has 0 saturated carbocycles. The molecule has 1 heterocycles. The number of nitrogens with zero attached hydrogens (tertiary/aromatic N) is 2. The summed E-state index contributed by atoms with van der Waals surface area (Å²) in [6.45, 7) is 0. The van der Waals surface area contributed by atoms with Gasteiger partial charge in [-0.3, -0.25) is 4.79 Å². The van der Waals surface area contributed by atoms with Crippen LogP contribution in [0.5, 0.6) is 11.5 Å². The molecule has 0 aliphatic rings. The van der Waals surface area contributed by atoms with Crippen molar-refractivity contribution in [2.24, 2.45) is 0 Å². The molecule has 0 unspecified atom stereocenters. The van der Waals surface area contributed by atoms with Gasteiger partial charge in [-0.2, -0.15) is 0 Å². The number of aromatic nitrogens is 1. The molecule has 3 aromatic carbocycles. The van der Waals surface area contributed by atoms with E-state index in [-0.39, 0.29) is 10.6 Å². The molecule has 0 atom stereocenters. The summed E-state index contributed by atoms with van der Waals surface area (Å²) in [7, 11) is 2.24. The fourth-order valence-corrected chi connectivity index (χ4v) is 4.55. The molecule has 0 aliphatic heterocycles. The highest BCUT2D eigenvalue weighted by Gasteiger charge is 2.21. The average molecular weight is 492 g/mol. The van der Waals surface area contributed by atoms with Gasteiger partial charge in [0.1, 0.15) is 11.5 Å². The number of hydrogen-bond donors (Lipinski definition) is 1. The van der Waals surface area contributed by atoms with E-state index < -0.39 is 15.9 Å². The van der Waals surface area contributed by atoms with Crippen LogP contribution >= 0.6 is 0 Å². The number of carbonyl (C=O) groups excluding carboxylic acids is 1. The van der Waals surface area contributed by atoms with E-state index in [4.69, 9.17) is 14.5 Å². The Kier molecular flexibility index (Phi) is 6.72. The normalized spacial score (nSPS) is 11.5. The van der Waals surface area contributed by atoms with Crippen LogP contribution in [0.2, 0.25) is 0 Å². The number of amides is 1. The second-order valence-corrected chi connectivity index (χ2v) is 10.1. The number of anilines is 1. The molecular weight excluding hydrogens is 466 g/mol. The van der Waals surface area contributed by atoms with E-state index in [2.05, 4.69) is 5.32 Å². The van der Waals surface area contributed by atoms with Crippen LogP contribution in [0, 0.1) is 0 Å². The third-order valence-corrected chi connectivity index (χ3v) is 7.36. The Balaban J connectivity index is 1.79. The number of sulfonamides is 1. The van der Waals surface area contributed by atoms with Crippen molar-refractivity contribution < 1.29 is 22.7 Å². The second-order valence-electron chi connectivity index (χ2n) is 7.90. The van der Waals surface area contributed by atoms with Crippen molar-refractivity contribution >= 4 is 32.5 Å². The lowest BCUT2D eigenvalue weighted by atomic mass is 10.0. The molecule has 35 heavy (non-hydrogen) atoms. The van der Waals surface area contributed by atoms with Crippen molar-refractivity contribution in [1.82, 2.24) is 9.29 Å². The highest BCUT2D eigenvalue weighted by Crippen LogP contribution is 2.31. The van der Waals surface area contributed by atoms with Gasteiger partial charge in [-0.25, -0.2) is 17.7 Å². The van der Waals surface area contributed by atoms with E-state index in [0.29, 0.717) is 33.7 Å². The maximum absolute atomic E-state index is 13.5. The lowest BCUT2D eigenvalue weighted by molar-refractivity contribution is 0.102. The van der Waals surface area contributed by atoms with Gasteiger partial charge in [0, 0.05) is 25.0 Å². The third-order valence-electron chi connectivity index (χ3n) is 5.54. The Hall–Kier alpha value is -3.95. The van der Waals surface area contributed by atoms with Crippen LogP contribution in [0.1, 0.15) is 10.4 Å². The van der Waals surface area contributed by atoms with Crippen LogP contribution in [0.4, 0.5) is 5.69 Å². The molecule has 0 spiro atoms. The highest BCUT2D eigenvalue weighted by molar-refractivity contribution is 7.89. The van der Waals surface area contributed by atoms with E-state index >= 15 is 0 Å². The first-order valence-corrected chi connectivity index (χ1v) is 12.1. The van der Waals surface area contributed by atoms with Gasteiger partial charge in [0.15, 0.2) is 0 Å². The number of pyridine rings is 1. The topological polar surface area (TPSA) is 97.8 Å². The molecule has 180 valence electrons. The number of rotatable bonds is 7. The number of methoxy groups -OCH3 is 2. The predicted octanol–water partition coefficient (Wildman–Crippen LogP) is 4.42. The molecule has 0 saturated heterocycles. The zero-order chi connectivity index (χ0) is 25.2. The summed E-state index contributed by atoms with van der Waals surface area (Å²) in [4.78, 5) is 18.3. The molecule has 9 heteroatoms. The third kappa shape index (κ3) is 4.82. The zero-order valence-corrected chi connectivity index (χ0v) is 20.6. The van der Waals surface area contributed by atoms with Gasteiger partial charge in [0.05, 0.1) is 41.6 Å². The quantitative estimate of drug-likeness (QED) is 0.411. The number of hydrogen-bond acceptors (Lipinski definition) is 6. The summed E-state index contributed by atoms with van der Waals surface area (Å²) in [5.41, 5.74) is 2.73. The van der Waals surface area contributed by atoms with Crippen LogP contribution in [0.15, 0.2) is 77.7 Å². The molecule has 1 aromatic heterocycles. The Bertz CT molecular complexity index is 1500. The fraction of sp³-hybridized carbons (Fsp3) is 0.154. The number of para-hydroxylation sites is 1. The van der Waals surface area contributed by atoms with Gasteiger partial charge in [-0.1, -0.05) is 18.2 Å². The summed E-state index contributed by atoms with van der Waals surface area (Å²) in [6, 6.07) is 20.8. The minimum absolute atomic E-state index is 0.0390. The Morgan fingerprint density at radius 3 is 2.29 bits per heavy atom. The van der Waals surface area contributed by atoms with Gasteiger partial charge in [-0.15, -0.1) is 0 Å². The molecule has 4 aromatic rings. The first kappa shape index (κ1) is 24.2. The van der Waals surface area contributed by atoms with Crippen LogP contribution in [-0.2, 0) is 10.0 Å². The Morgan fingerprint density at radius 2 is 1.63 bits per heavy atom. The van der Waals surface area contributed by atoms with Gasteiger partial charge in [0.25, 0.3) is 5.91 Å². The fourth-order valence-electron chi connectivity index (χ4n) is 3.62. The summed E-state index contributed by atoms with van der Waals surface area (Å²) in [5.74, 6) is 0.632. The molecule has 1 amide bonds. The van der Waals surface area contributed by atoms with E-state index in [1.165, 1.54) is 39.4 Å². The van der Waals surface area contributed by atoms with Crippen molar-refractivity contribution in [2.75, 3.05) is 33.6 Å². The minimum atomic E-state index is -3.70. The van der Waals surface area contributed by atoms with Crippen molar-refractivity contribution in [1.29, 1.82) is 0 Å². The van der Waals surface area contributed by atoms with Crippen LogP contribution in [0.25, 0.3) is 22.2 Å². The van der Waals surface area contributed by atoms with Gasteiger partial charge in [0.2, 0.25) is 10.0 Å². The number of benzene rings is 3. The number of ether oxygens (including phenoxy) is 2. The molecule has 0 radical (unpaired) electrons. The van der Waals surface area contributed by atoms with Crippen LogP contribution in [0.3, 0.4) is 0 Å². The van der Waals surface area contributed by atoms with Gasteiger partial charge >= 0.3 is 0 Å². The average Bonchev–Trinajstić information content (AvgIpc) is 2.87. The number of nitrogens with one attached hydrogen (secondary N) is 1. The zero-order valence-electron chi connectivity index (χ0n) is 19.8. The predicted molar refractivity (Wildman–Crippen MR) is 136 cm³/mol. The molecule has 8 nitrogen and oxygen atoms in total. The van der Waals surface area contributed by atoms with E-state index in [9.17, 15) is 13.2 Å². The summed E-state index contributed by atoms with van der Waals surface area (Å²) in [5, 5.41) is 3.49. The molecular formula is C26H25N3O5S. The standard InChI is InChI=1S/C26H25N3O5S/c1-29(2)35(31,32)19-13-14-25(34-4)24(15-19)28-26(30)21-16-23(17-9-11-18(33-3)12-10-17)27-22-8-6-5-7-20(21)22/h5-16H,1-4H3,(H,28,30). The van der Waals surface area contributed by atoms with Crippen molar-refractivity contribution in [3.8, 4) is 22.8 Å². The molecule has 1 N–H and O–H groups in total. The smallest absolute Gasteiger partial charge is 0.256 e. The van der Waals surface area contributed by atoms with Gasteiger partial charge < -0.3 is 14.8 Å². The maximum Gasteiger partial charge on any atom is 0.256 e. The summed E-state index contributed by atoms with van der Waals surface area (Å²) in [6.07, 6.45) is 0. The van der Waals surface area contributed by atoms with E-state index in [0.717, 1.165) is 9.87 Å². The first-order valence-electron chi connectivity index (χ1n) is 10.7. The molecule has 0 fully saturated rings. The Labute approximate surface area is 204 Å². The monoisotopic (exact) mass is 491 g/mol. The molecule has 0 bridgehead atoms. The SMILES string of the molecule is COc1ccc(-c2cc(C(=O)Nc3cc(S(=O)(=O)N(C)C)ccc3OC)c3ccccc3n2)cc1. The van der Waals surface area contributed by atoms with Crippen molar-refractivity contribution in [3.63, 3.8) is 0 Å². The maximum atomic E-state index is 13.5. The molecule has 4 rings (SSSR count). The first-order chi connectivity index (χ1) is 16.7. The highest BCUT2D eigenvalue weighted by atomic mass is 32.2. The lowest BCUT2D eigenvalue weighted by Gasteiger charge is -2.16. The number of fused-ring (bicyclic) bond motifs is 1. The number of carbonyl (C=O) groups is 1. The summed E-state index contributed by atoms with van der Waals surface area (Å²) >= 11 is 0. The van der Waals surface area contributed by atoms with Crippen LogP contribution in [-0.4, -0.2) is 51.9 Å². The van der Waals surface area contributed by atoms with E-state index in [1.54, 1.807) is 13.2 Å². The van der Waals surface area contributed by atoms with E-state index in [1.807, 2.05) is 48.5 Å². The van der Waals surface area contributed by atoms with Crippen LogP contribution < -0.4 is 14.8 Å². The largest absolute Gasteiger partial charge is 0.497 e. The summed E-state index contributed by atoms with van der Waals surface area (Å²) < 4.78 is 36.9. The Morgan fingerprint density at radius 1 is 0.914 bits per heavy atom. The second kappa shape index (κ2) is 9.73. The molecule has 0 aliphatic carbocycles. The van der Waals surface area contributed by atoms with Gasteiger partial charge in [-0.05, 0) is 54.6 Å². The van der Waals surface area contributed by atoms with Crippen molar-refractivity contribution in [3.05, 3.63) is 78.4 Å².